The van der Waals surface area contributed by atoms with Gasteiger partial charge in [0.15, 0.2) is 0 Å². The molecule has 0 saturated carbocycles. The van der Waals surface area contributed by atoms with Gasteiger partial charge in [0.25, 0.3) is 11.8 Å². The largest absolute Gasteiger partial charge is 0.508 e. The number of carbonyl (C=O) groups excluding carboxylic acids is 2. The van der Waals surface area contributed by atoms with Crippen molar-refractivity contribution in [2.45, 2.75) is 33.5 Å². The number of carbonyl (C=O) groups is 2. The summed E-state index contributed by atoms with van der Waals surface area (Å²) in [6, 6.07) is 32.6. The average molecular weight is 542 g/mol. The number of phenolic OH excluding ortho intramolecular Hbond substituents is 1. The van der Waals surface area contributed by atoms with E-state index in [1.807, 2.05) is 83.1 Å². The van der Waals surface area contributed by atoms with E-state index in [4.69, 9.17) is 0 Å². The van der Waals surface area contributed by atoms with E-state index >= 15 is 0 Å². The molecule has 0 aliphatic carbocycles. The van der Waals surface area contributed by atoms with E-state index in [0.717, 1.165) is 39.2 Å². The fourth-order valence-corrected chi connectivity index (χ4v) is 5.56. The van der Waals surface area contributed by atoms with Crippen molar-refractivity contribution in [3.05, 3.63) is 142 Å². The molecule has 1 aliphatic heterocycles. The molecule has 2 N–H and O–H groups in total. The number of hydrogen-bond acceptors (Lipinski definition) is 3. The first-order valence-electron chi connectivity index (χ1n) is 13.7. The fourth-order valence-electron chi connectivity index (χ4n) is 5.56. The molecule has 6 rings (SSSR count). The van der Waals surface area contributed by atoms with Crippen LogP contribution in [0.3, 0.4) is 0 Å². The number of aromatic hydroxyl groups is 1. The zero-order valence-corrected chi connectivity index (χ0v) is 23.1. The maximum Gasteiger partial charge on any atom is 0.268 e. The van der Waals surface area contributed by atoms with Gasteiger partial charge in [-0.1, -0.05) is 60.7 Å². The van der Waals surface area contributed by atoms with Crippen molar-refractivity contribution in [3.63, 3.8) is 0 Å². The third-order valence-corrected chi connectivity index (χ3v) is 7.78. The van der Waals surface area contributed by atoms with Gasteiger partial charge in [0, 0.05) is 23.5 Å². The van der Waals surface area contributed by atoms with Gasteiger partial charge in [-0.15, -0.1) is 0 Å². The lowest BCUT2D eigenvalue weighted by Crippen LogP contribution is -2.30. The van der Waals surface area contributed by atoms with Crippen LogP contribution in [-0.2, 0) is 19.6 Å². The molecule has 6 nitrogen and oxygen atoms in total. The van der Waals surface area contributed by atoms with Crippen molar-refractivity contribution in [2.75, 3.05) is 4.90 Å². The number of phenols is 1. The number of aryl methyl sites for hydroxylation is 2. The Kier molecular flexibility index (Phi) is 6.89. The smallest absolute Gasteiger partial charge is 0.268 e. The minimum atomic E-state index is -0.191. The van der Waals surface area contributed by atoms with E-state index in [1.165, 1.54) is 5.56 Å². The average Bonchev–Trinajstić information content (AvgIpc) is 3.30. The molecule has 2 heterocycles. The number of hydrogen-bond donors (Lipinski definition) is 2. The van der Waals surface area contributed by atoms with Gasteiger partial charge in [-0.3, -0.25) is 9.59 Å². The molecule has 0 radical (unpaired) electrons. The predicted molar refractivity (Wildman–Crippen MR) is 161 cm³/mol. The van der Waals surface area contributed by atoms with Crippen molar-refractivity contribution in [3.8, 4) is 16.9 Å². The summed E-state index contributed by atoms with van der Waals surface area (Å²) in [5.74, 6) is -0.0824. The summed E-state index contributed by atoms with van der Waals surface area (Å²) < 4.78 is 1.99. The van der Waals surface area contributed by atoms with Gasteiger partial charge in [0.1, 0.15) is 11.4 Å². The van der Waals surface area contributed by atoms with Crippen LogP contribution in [0.25, 0.3) is 11.1 Å². The lowest BCUT2D eigenvalue weighted by atomic mass is 9.95. The zero-order chi connectivity index (χ0) is 28.5. The lowest BCUT2D eigenvalue weighted by molar-refractivity contribution is 0.0941. The number of aromatic nitrogens is 1. The van der Waals surface area contributed by atoms with Crippen molar-refractivity contribution in [1.29, 1.82) is 0 Å². The third-order valence-electron chi connectivity index (χ3n) is 7.78. The molecule has 0 spiro atoms. The molecular formula is C35H31N3O3. The number of para-hydroxylation sites is 1. The Morgan fingerprint density at radius 2 is 1.51 bits per heavy atom. The van der Waals surface area contributed by atoms with E-state index in [-0.39, 0.29) is 17.6 Å². The molecule has 4 aromatic carbocycles. The maximum absolute atomic E-state index is 14.0. The first kappa shape index (κ1) is 26.1. The van der Waals surface area contributed by atoms with Crippen LogP contribution in [0.5, 0.6) is 5.75 Å². The number of rotatable bonds is 5. The molecule has 5 aromatic rings. The first-order valence-corrected chi connectivity index (χ1v) is 13.7. The summed E-state index contributed by atoms with van der Waals surface area (Å²) in [6.45, 7) is 5.32. The second kappa shape index (κ2) is 10.8. The Labute approximate surface area is 239 Å². The Morgan fingerprint density at radius 1 is 0.780 bits per heavy atom. The number of nitrogens with one attached hydrogen (secondary N) is 1. The summed E-state index contributed by atoms with van der Waals surface area (Å²) in [7, 11) is 0. The highest BCUT2D eigenvalue weighted by atomic mass is 16.3. The summed E-state index contributed by atoms with van der Waals surface area (Å²) in [5, 5.41) is 12.5. The maximum atomic E-state index is 14.0. The molecule has 1 aliphatic rings. The third kappa shape index (κ3) is 5.12. The minimum Gasteiger partial charge on any atom is -0.508 e. The van der Waals surface area contributed by atoms with Gasteiger partial charge in [-0.25, -0.2) is 0 Å². The van der Waals surface area contributed by atoms with E-state index in [0.29, 0.717) is 30.9 Å². The van der Waals surface area contributed by atoms with E-state index in [1.54, 1.807) is 24.3 Å². The van der Waals surface area contributed by atoms with Crippen molar-refractivity contribution >= 4 is 17.5 Å². The van der Waals surface area contributed by atoms with Crippen LogP contribution in [-0.4, -0.2) is 21.5 Å². The second-order valence-corrected chi connectivity index (χ2v) is 10.5. The highest BCUT2D eigenvalue weighted by Gasteiger charge is 2.27. The standard InChI is InChI=1S/C35H31N3O3/c1-23-7-3-5-9-30(23)31-17-13-26(19-24(31)2)35(41)38-22-28-14-18-33(37(28)21-27-8-4-6-10-32(27)38)34(40)36-20-25-11-15-29(39)16-12-25/h3-19,39H,20-22H2,1-2H3,(H,36,40). The summed E-state index contributed by atoms with van der Waals surface area (Å²) in [5.41, 5.74) is 9.29. The van der Waals surface area contributed by atoms with Gasteiger partial charge in [0.2, 0.25) is 0 Å². The fraction of sp³-hybridized carbons (Fsp3) is 0.143. The van der Waals surface area contributed by atoms with Crippen LogP contribution < -0.4 is 10.2 Å². The van der Waals surface area contributed by atoms with Crippen molar-refractivity contribution < 1.29 is 14.7 Å². The van der Waals surface area contributed by atoms with Crippen LogP contribution >= 0.6 is 0 Å². The summed E-state index contributed by atoms with van der Waals surface area (Å²) in [4.78, 5) is 29.1. The van der Waals surface area contributed by atoms with Crippen LogP contribution in [0.2, 0.25) is 0 Å². The van der Waals surface area contributed by atoms with Crippen LogP contribution in [0.4, 0.5) is 5.69 Å². The van der Waals surface area contributed by atoms with Crippen LogP contribution in [0.15, 0.2) is 103 Å². The molecular weight excluding hydrogens is 510 g/mol. The molecule has 0 atom stereocenters. The molecule has 41 heavy (non-hydrogen) atoms. The van der Waals surface area contributed by atoms with Gasteiger partial charge in [0.05, 0.1) is 13.1 Å². The molecule has 0 fully saturated rings. The van der Waals surface area contributed by atoms with E-state index in [2.05, 4.69) is 24.4 Å². The monoisotopic (exact) mass is 541 g/mol. The lowest BCUT2D eigenvalue weighted by Gasteiger charge is -2.23. The van der Waals surface area contributed by atoms with E-state index in [9.17, 15) is 14.7 Å². The highest BCUT2D eigenvalue weighted by molar-refractivity contribution is 6.07. The van der Waals surface area contributed by atoms with Crippen LogP contribution in [0, 0.1) is 13.8 Å². The molecule has 0 saturated heterocycles. The number of amides is 2. The van der Waals surface area contributed by atoms with Crippen molar-refractivity contribution in [1.82, 2.24) is 9.88 Å². The van der Waals surface area contributed by atoms with Gasteiger partial charge in [-0.05, 0) is 89.7 Å². The quantitative estimate of drug-likeness (QED) is 0.263. The molecule has 2 amide bonds. The Morgan fingerprint density at radius 3 is 2.29 bits per heavy atom. The normalized spacial score (nSPS) is 12.3. The topological polar surface area (TPSA) is 74.6 Å². The van der Waals surface area contributed by atoms with Crippen LogP contribution in [0.1, 0.15) is 48.8 Å². The number of fused-ring (bicyclic) bond motifs is 2. The first-order chi connectivity index (χ1) is 19.9. The number of anilines is 1. The Hall–Kier alpha value is -5.10. The number of nitrogens with zero attached hydrogens (tertiary/aromatic N) is 2. The summed E-state index contributed by atoms with van der Waals surface area (Å²) >= 11 is 0. The SMILES string of the molecule is Cc1ccccc1-c1ccc(C(=O)N2Cc3ccc(C(=O)NCc4ccc(O)cc4)n3Cc3ccccc32)cc1C. The highest BCUT2D eigenvalue weighted by Crippen LogP contribution is 2.32. The molecule has 204 valence electrons. The molecule has 6 heteroatoms. The van der Waals surface area contributed by atoms with Gasteiger partial charge < -0.3 is 19.9 Å². The minimum absolute atomic E-state index is 0.0788. The van der Waals surface area contributed by atoms with Gasteiger partial charge in [-0.2, -0.15) is 0 Å². The molecule has 0 unspecified atom stereocenters. The second-order valence-electron chi connectivity index (χ2n) is 10.5. The molecule has 1 aromatic heterocycles. The predicted octanol–water partition coefficient (Wildman–Crippen LogP) is 6.62. The van der Waals surface area contributed by atoms with E-state index < -0.39 is 0 Å². The zero-order valence-electron chi connectivity index (χ0n) is 23.1. The Bertz CT molecular complexity index is 1770. The van der Waals surface area contributed by atoms with Crippen molar-refractivity contribution in [2.24, 2.45) is 0 Å². The Balaban J connectivity index is 1.29. The number of benzene rings is 4. The summed E-state index contributed by atoms with van der Waals surface area (Å²) in [6.07, 6.45) is 0. The molecule has 0 bridgehead atoms. The van der Waals surface area contributed by atoms with Gasteiger partial charge >= 0.3 is 0 Å².